The third-order valence-corrected chi connectivity index (χ3v) is 3.23. The molecule has 1 unspecified atom stereocenters. The molecule has 0 spiro atoms. The Kier molecular flexibility index (Phi) is 6.81. The quantitative estimate of drug-likeness (QED) is 0.759. The average molecular weight is 296 g/mol. The fourth-order valence-electron chi connectivity index (χ4n) is 1.88. The molecule has 1 amide bonds. The molecule has 118 valence electrons. The van der Waals surface area contributed by atoms with E-state index in [4.69, 9.17) is 19.9 Å². The van der Waals surface area contributed by atoms with Crippen LogP contribution < -0.4 is 25.3 Å². The molecule has 0 bridgehead atoms. The molecular formula is C15H24N2O4. The van der Waals surface area contributed by atoms with Crippen molar-refractivity contribution in [2.24, 2.45) is 5.73 Å². The van der Waals surface area contributed by atoms with Gasteiger partial charge in [-0.1, -0.05) is 6.92 Å². The van der Waals surface area contributed by atoms with Gasteiger partial charge in [0.15, 0.2) is 11.5 Å². The first-order valence-electron chi connectivity index (χ1n) is 6.86. The Morgan fingerprint density at radius 3 is 2.24 bits per heavy atom. The number of benzene rings is 1. The zero-order chi connectivity index (χ0) is 15.8. The minimum atomic E-state index is -0.114. The number of rotatable bonds is 8. The lowest BCUT2D eigenvalue weighted by Crippen LogP contribution is -2.31. The molecule has 6 nitrogen and oxygen atoms in total. The van der Waals surface area contributed by atoms with Gasteiger partial charge in [-0.05, 0) is 12.5 Å². The first kappa shape index (κ1) is 17.1. The summed E-state index contributed by atoms with van der Waals surface area (Å²) in [4.78, 5) is 11.8. The number of amides is 1. The highest BCUT2D eigenvalue weighted by molar-refractivity contribution is 5.76. The highest BCUT2D eigenvalue weighted by Crippen LogP contribution is 2.34. The fraction of sp³-hybridized carbons (Fsp3) is 0.533. The van der Waals surface area contributed by atoms with E-state index in [1.165, 1.54) is 0 Å². The van der Waals surface area contributed by atoms with Crippen LogP contribution in [0.5, 0.6) is 17.2 Å². The van der Waals surface area contributed by atoms with E-state index in [0.717, 1.165) is 12.0 Å². The number of nitrogens with two attached hydrogens (primary N) is 1. The normalized spacial score (nSPS) is 11.7. The van der Waals surface area contributed by atoms with Crippen LogP contribution in [0.15, 0.2) is 12.1 Å². The second-order valence-electron chi connectivity index (χ2n) is 4.67. The van der Waals surface area contributed by atoms with Gasteiger partial charge < -0.3 is 25.3 Å². The molecule has 6 heteroatoms. The molecule has 0 aliphatic carbocycles. The molecule has 1 rings (SSSR count). The van der Waals surface area contributed by atoms with Crippen molar-refractivity contribution in [1.29, 1.82) is 0 Å². The highest BCUT2D eigenvalue weighted by Gasteiger charge is 2.13. The van der Waals surface area contributed by atoms with Crippen molar-refractivity contribution < 1.29 is 19.0 Å². The third kappa shape index (κ3) is 4.82. The van der Waals surface area contributed by atoms with Crippen LogP contribution in [0.2, 0.25) is 0 Å². The van der Waals surface area contributed by atoms with Gasteiger partial charge in [0.1, 0.15) is 5.75 Å². The Hall–Kier alpha value is -1.95. The summed E-state index contributed by atoms with van der Waals surface area (Å²) in [6.07, 6.45) is 1.08. The molecule has 0 saturated carbocycles. The van der Waals surface area contributed by atoms with Crippen LogP contribution in [-0.2, 0) is 11.3 Å². The molecule has 1 aromatic carbocycles. The van der Waals surface area contributed by atoms with Gasteiger partial charge in [-0.3, -0.25) is 4.79 Å². The molecule has 0 heterocycles. The molecule has 0 aromatic heterocycles. The van der Waals surface area contributed by atoms with Crippen LogP contribution in [-0.4, -0.2) is 33.3 Å². The first-order valence-corrected chi connectivity index (χ1v) is 6.86. The van der Waals surface area contributed by atoms with E-state index in [0.29, 0.717) is 30.2 Å². The summed E-state index contributed by atoms with van der Waals surface area (Å²) in [7, 11) is 4.69. The summed E-state index contributed by atoms with van der Waals surface area (Å²) >= 11 is 0. The fourth-order valence-corrected chi connectivity index (χ4v) is 1.88. The zero-order valence-corrected chi connectivity index (χ0v) is 13.1. The Labute approximate surface area is 125 Å². The number of hydrogen-bond donors (Lipinski definition) is 2. The number of hydrogen-bond acceptors (Lipinski definition) is 5. The van der Waals surface area contributed by atoms with Crippen molar-refractivity contribution in [1.82, 2.24) is 5.32 Å². The number of ether oxygens (including phenoxy) is 3. The molecule has 0 radical (unpaired) electrons. The Balaban J connectivity index is 2.80. The van der Waals surface area contributed by atoms with Gasteiger partial charge in [-0.25, -0.2) is 0 Å². The summed E-state index contributed by atoms with van der Waals surface area (Å²) in [5.74, 6) is 1.72. The lowest BCUT2D eigenvalue weighted by Gasteiger charge is -2.15. The molecule has 1 atom stereocenters. The first-order chi connectivity index (χ1) is 10.0. The maximum absolute atomic E-state index is 11.8. The third-order valence-electron chi connectivity index (χ3n) is 3.23. The summed E-state index contributed by atoms with van der Waals surface area (Å²) in [5, 5.41) is 2.83. The monoisotopic (exact) mass is 296 g/mol. The topological polar surface area (TPSA) is 82.8 Å². The molecular weight excluding hydrogens is 272 g/mol. The van der Waals surface area contributed by atoms with Crippen LogP contribution in [0.3, 0.4) is 0 Å². The lowest BCUT2D eigenvalue weighted by molar-refractivity contribution is -0.121. The molecule has 0 aliphatic heterocycles. The van der Waals surface area contributed by atoms with Crippen molar-refractivity contribution in [3.05, 3.63) is 17.7 Å². The van der Waals surface area contributed by atoms with Gasteiger partial charge in [-0.2, -0.15) is 0 Å². The number of carbonyl (C=O) groups excluding carboxylic acids is 1. The van der Waals surface area contributed by atoms with Gasteiger partial charge in [0.05, 0.1) is 21.3 Å². The smallest absolute Gasteiger partial charge is 0.221 e. The molecule has 0 aliphatic rings. The summed E-state index contributed by atoms with van der Waals surface area (Å²) in [5.41, 5.74) is 6.57. The standard InChI is InChI=1S/C15H24N2O4/c1-5-11(16)7-15(18)17-9-10-6-13(20-3)14(21-4)8-12(10)19-2/h6,8,11H,5,7,9,16H2,1-4H3,(H,17,18). The highest BCUT2D eigenvalue weighted by atomic mass is 16.5. The van der Waals surface area contributed by atoms with Crippen LogP contribution in [0.1, 0.15) is 25.3 Å². The minimum absolute atomic E-state index is 0.0822. The van der Waals surface area contributed by atoms with Crippen LogP contribution in [0, 0.1) is 0 Å². The summed E-state index contributed by atoms with van der Waals surface area (Å²) in [6.45, 7) is 2.30. The lowest BCUT2D eigenvalue weighted by atomic mass is 10.1. The molecule has 1 aromatic rings. The van der Waals surface area contributed by atoms with Crippen LogP contribution in [0.25, 0.3) is 0 Å². The average Bonchev–Trinajstić information content (AvgIpc) is 2.51. The molecule has 21 heavy (non-hydrogen) atoms. The maximum atomic E-state index is 11.8. The largest absolute Gasteiger partial charge is 0.496 e. The predicted molar refractivity (Wildman–Crippen MR) is 80.8 cm³/mol. The van der Waals surface area contributed by atoms with E-state index < -0.39 is 0 Å². The van der Waals surface area contributed by atoms with Crippen molar-refractivity contribution in [2.45, 2.75) is 32.4 Å². The second kappa shape index (κ2) is 8.36. The van der Waals surface area contributed by atoms with Crippen molar-refractivity contribution in [3.63, 3.8) is 0 Å². The number of carbonyl (C=O) groups is 1. The molecule has 3 N–H and O–H groups in total. The maximum Gasteiger partial charge on any atom is 0.221 e. The molecule has 0 saturated heterocycles. The Morgan fingerprint density at radius 1 is 1.14 bits per heavy atom. The SMILES string of the molecule is CCC(N)CC(=O)NCc1cc(OC)c(OC)cc1OC. The summed E-state index contributed by atoms with van der Waals surface area (Å²) < 4.78 is 15.8. The number of nitrogens with one attached hydrogen (secondary N) is 1. The van der Waals surface area contributed by atoms with Crippen LogP contribution >= 0.6 is 0 Å². The van der Waals surface area contributed by atoms with E-state index in [1.54, 1.807) is 33.5 Å². The molecule has 0 fully saturated rings. The van der Waals surface area contributed by atoms with Crippen molar-refractivity contribution in [2.75, 3.05) is 21.3 Å². The van der Waals surface area contributed by atoms with E-state index >= 15 is 0 Å². The van der Waals surface area contributed by atoms with Gasteiger partial charge in [0.2, 0.25) is 5.91 Å². The van der Waals surface area contributed by atoms with Gasteiger partial charge in [-0.15, -0.1) is 0 Å². The summed E-state index contributed by atoms with van der Waals surface area (Å²) in [6, 6.07) is 3.41. The van der Waals surface area contributed by atoms with E-state index in [-0.39, 0.29) is 11.9 Å². The van der Waals surface area contributed by atoms with Crippen molar-refractivity contribution >= 4 is 5.91 Å². The van der Waals surface area contributed by atoms with Crippen molar-refractivity contribution in [3.8, 4) is 17.2 Å². The van der Waals surface area contributed by atoms with Gasteiger partial charge in [0.25, 0.3) is 0 Å². The van der Waals surface area contributed by atoms with Crippen LogP contribution in [0.4, 0.5) is 0 Å². The van der Waals surface area contributed by atoms with Gasteiger partial charge >= 0.3 is 0 Å². The Morgan fingerprint density at radius 2 is 1.71 bits per heavy atom. The van der Waals surface area contributed by atoms with Gasteiger partial charge in [0, 0.05) is 30.6 Å². The zero-order valence-electron chi connectivity index (χ0n) is 13.1. The Bertz CT molecular complexity index is 477. The minimum Gasteiger partial charge on any atom is -0.496 e. The predicted octanol–water partition coefficient (Wildman–Crippen LogP) is 1.46. The van der Waals surface area contributed by atoms with E-state index in [1.807, 2.05) is 6.92 Å². The van der Waals surface area contributed by atoms with E-state index in [2.05, 4.69) is 5.32 Å². The number of methoxy groups -OCH3 is 3. The second-order valence-corrected chi connectivity index (χ2v) is 4.67. The van der Waals surface area contributed by atoms with E-state index in [9.17, 15) is 4.79 Å².